The molecule has 0 aliphatic carbocycles. The van der Waals surface area contributed by atoms with Gasteiger partial charge >= 0.3 is 5.97 Å². The average Bonchev–Trinajstić information content (AvgIpc) is 2.33. The Morgan fingerprint density at radius 2 is 2.17 bits per heavy atom. The van der Waals surface area contributed by atoms with Gasteiger partial charge in [-0.1, -0.05) is 0 Å². The molecule has 0 saturated heterocycles. The van der Waals surface area contributed by atoms with Gasteiger partial charge in [-0.2, -0.15) is 0 Å². The first kappa shape index (κ1) is 15.2. The highest BCUT2D eigenvalue weighted by molar-refractivity contribution is 14.1. The van der Waals surface area contributed by atoms with Gasteiger partial charge in [0, 0.05) is 16.7 Å². The average molecular weight is 367 g/mol. The molecule has 1 aromatic rings. The molecule has 1 rings (SSSR count). The monoisotopic (exact) mass is 367 g/mol. The topological polar surface area (TPSA) is 47.6 Å². The molecule has 0 heterocycles. The highest BCUT2D eigenvalue weighted by Crippen LogP contribution is 2.27. The minimum atomic E-state index is -0.696. The van der Waals surface area contributed by atoms with E-state index in [0.717, 1.165) is 3.57 Å². The van der Waals surface area contributed by atoms with Crippen molar-refractivity contribution in [1.82, 2.24) is 0 Å². The molecule has 100 valence electrons. The number of rotatable bonds is 5. The summed E-state index contributed by atoms with van der Waals surface area (Å²) in [6.07, 6.45) is 0. The van der Waals surface area contributed by atoms with Crippen LogP contribution in [-0.2, 0) is 9.47 Å². The van der Waals surface area contributed by atoms with E-state index in [1.54, 1.807) is 13.2 Å². The molecule has 1 atom stereocenters. The van der Waals surface area contributed by atoms with Crippen LogP contribution in [0, 0.1) is 9.39 Å². The standard InChI is InChI=1S/C12H15FINO3/c1-7(6-17-2)15-11-9(14)5-4-8(13)10(11)12(16)18-3/h4-5,7,15H,6H2,1-3H3/t7-/m0/s1. The summed E-state index contributed by atoms with van der Waals surface area (Å²) >= 11 is 2.04. The zero-order valence-corrected chi connectivity index (χ0v) is 12.6. The summed E-state index contributed by atoms with van der Waals surface area (Å²) in [6.45, 7) is 2.33. The fourth-order valence-electron chi connectivity index (χ4n) is 1.53. The molecule has 0 unspecified atom stereocenters. The summed E-state index contributed by atoms with van der Waals surface area (Å²) in [7, 11) is 2.81. The molecule has 1 N–H and O–H groups in total. The van der Waals surface area contributed by atoms with Crippen molar-refractivity contribution in [2.45, 2.75) is 13.0 Å². The first-order chi connectivity index (χ1) is 8.51. The maximum absolute atomic E-state index is 13.7. The van der Waals surface area contributed by atoms with Crippen LogP contribution in [0.15, 0.2) is 12.1 Å². The summed E-state index contributed by atoms with van der Waals surface area (Å²) in [5.74, 6) is -1.30. The van der Waals surface area contributed by atoms with Crippen LogP contribution in [0.1, 0.15) is 17.3 Å². The maximum Gasteiger partial charge on any atom is 0.343 e. The molecule has 0 amide bonds. The number of carbonyl (C=O) groups excluding carboxylic acids is 1. The molecule has 18 heavy (non-hydrogen) atoms. The van der Waals surface area contributed by atoms with Crippen molar-refractivity contribution in [3.63, 3.8) is 0 Å². The predicted molar refractivity (Wildman–Crippen MR) is 75.4 cm³/mol. The molecule has 0 aliphatic heterocycles. The Morgan fingerprint density at radius 3 is 2.72 bits per heavy atom. The smallest absolute Gasteiger partial charge is 0.343 e. The van der Waals surface area contributed by atoms with E-state index in [-0.39, 0.29) is 11.6 Å². The predicted octanol–water partition coefficient (Wildman–Crippen LogP) is 2.66. The molecule has 6 heteroatoms. The summed E-state index contributed by atoms with van der Waals surface area (Å²) < 4.78 is 24.1. The van der Waals surface area contributed by atoms with Crippen LogP contribution in [0.3, 0.4) is 0 Å². The van der Waals surface area contributed by atoms with Crippen molar-refractivity contribution >= 4 is 34.2 Å². The number of carbonyl (C=O) groups is 1. The highest BCUT2D eigenvalue weighted by atomic mass is 127. The molecule has 0 aromatic heterocycles. The molecule has 0 bridgehead atoms. The Balaban J connectivity index is 3.15. The lowest BCUT2D eigenvalue weighted by Crippen LogP contribution is -2.23. The van der Waals surface area contributed by atoms with Crippen LogP contribution in [0.2, 0.25) is 0 Å². The second kappa shape index (κ2) is 6.89. The van der Waals surface area contributed by atoms with Crippen LogP contribution < -0.4 is 5.32 Å². The van der Waals surface area contributed by atoms with Crippen LogP contribution in [0.5, 0.6) is 0 Å². The second-order valence-corrected chi connectivity index (χ2v) is 4.93. The highest BCUT2D eigenvalue weighted by Gasteiger charge is 2.21. The number of esters is 1. The SMILES string of the molecule is COC[C@H](C)Nc1c(I)ccc(F)c1C(=O)OC. The van der Waals surface area contributed by atoms with E-state index in [2.05, 4.69) is 10.1 Å². The Labute approximate surface area is 119 Å². The van der Waals surface area contributed by atoms with Crippen molar-refractivity contribution in [3.05, 3.63) is 27.1 Å². The molecule has 4 nitrogen and oxygen atoms in total. The van der Waals surface area contributed by atoms with Crippen LogP contribution in [-0.4, -0.2) is 32.8 Å². The van der Waals surface area contributed by atoms with E-state index in [0.29, 0.717) is 12.3 Å². The number of methoxy groups -OCH3 is 2. The van der Waals surface area contributed by atoms with Gasteiger partial charge in [0.15, 0.2) is 0 Å². The Kier molecular flexibility index (Phi) is 5.80. The van der Waals surface area contributed by atoms with Gasteiger partial charge in [0.05, 0.1) is 19.4 Å². The van der Waals surface area contributed by atoms with E-state index >= 15 is 0 Å². The van der Waals surface area contributed by atoms with E-state index in [1.165, 1.54) is 13.2 Å². The van der Waals surface area contributed by atoms with Gasteiger partial charge in [-0.05, 0) is 41.6 Å². The van der Waals surface area contributed by atoms with Crippen molar-refractivity contribution in [2.24, 2.45) is 0 Å². The normalized spacial score (nSPS) is 12.1. The third-order valence-corrected chi connectivity index (χ3v) is 3.20. The number of ether oxygens (including phenoxy) is 2. The minimum absolute atomic E-state index is 0.0475. The van der Waals surface area contributed by atoms with Gasteiger partial charge in [0.1, 0.15) is 11.4 Å². The molecule has 0 aliphatic rings. The van der Waals surface area contributed by atoms with Crippen LogP contribution in [0.4, 0.5) is 10.1 Å². The minimum Gasteiger partial charge on any atom is -0.465 e. The van der Waals surface area contributed by atoms with Gasteiger partial charge in [-0.25, -0.2) is 9.18 Å². The number of benzene rings is 1. The molecule has 0 radical (unpaired) electrons. The van der Waals surface area contributed by atoms with E-state index < -0.39 is 11.8 Å². The van der Waals surface area contributed by atoms with Gasteiger partial charge < -0.3 is 14.8 Å². The van der Waals surface area contributed by atoms with E-state index in [1.807, 2.05) is 29.5 Å². The Bertz CT molecular complexity index is 440. The maximum atomic E-state index is 13.7. The number of hydrogen-bond acceptors (Lipinski definition) is 4. The molecule has 0 saturated carbocycles. The fourth-order valence-corrected chi connectivity index (χ4v) is 2.14. The molecule has 1 aromatic carbocycles. The molecule has 0 fully saturated rings. The zero-order chi connectivity index (χ0) is 13.7. The Morgan fingerprint density at radius 1 is 1.50 bits per heavy atom. The van der Waals surface area contributed by atoms with Crippen LogP contribution >= 0.6 is 22.6 Å². The largest absolute Gasteiger partial charge is 0.465 e. The van der Waals surface area contributed by atoms with Crippen molar-refractivity contribution in [2.75, 3.05) is 26.1 Å². The second-order valence-electron chi connectivity index (χ2n) is 3.77. The van der Waals surface area contributed by atoms with Crippen molar-refractivity contribution in [3.8, 4) is 0 Å². The summed E-state index contributed by atoms with van der Waals surface area (Å²) in [5.41, 5.74) is 0.361. The third kappa shape index (κ3) is 3.55. The van der Waals surface area contributed by atoms with Gasteiger partial charge in [-0.3, -0.25) is 0 Å². The summed E-state index contributed by atoms with van der Waals surface area (Å²) in [4.78, 5) is 11.6. The lowest BCUT2D eigenvalue weighted by atomic mass is 10.1. The fraction of sp³-hybridized carbons (Fsp3) is 0.417. The van der Waals surface area contributed by atoms with Gasteiger partial charge in [0.25, 0.3) is 0 Å². The third-order valence-electron chi connectivity index (χ3n) is 2.30. The van der Waals surface area contributed by atoms with Gasteiger partial charge in [-0.15, -0.1) is 0 Å². The quantitative estimate of drug-likeness (QED) is 0.642. The number of hydrogen-bond donors (Lipinski definition) is 1. The van der Waals surface area contributed by atoms with E-state index in [9.17, 15) is 9.18 Å². The van der Waals surface area contributed by atoms with E-state index in [4.69, 9.17) is 4.74 Å². The molecular weight excluding hydrogens is 352 g/mol. The first-order valence-electron chi connectivity index (χ1n) is 5.33. The number of halogens is 2. The van der Waals surface area contributed by atoms with Crippen LogP contribution in [0.25, 0.3) is 0 Å². The molecule has 0 spiro atoms. The summed E-state index contributed by atoms with van der Waals surface area (Å²) in [5, 5.41) is 3.06. The van der Waals surface area contributed by atoms with Crippen molar-refractivity contribution < 1.29 is 18.7 Å². The van der Waals surface area contributed by atoms with Gasteiger partial charge in [0.2, 0.25) is 0 Å². The number of anilines is 1. The lowest BCUT2D eigenvalue weighted by molar-refractivity contribution is 0.0596. The lowest BCUT2D eigenvalue weighted by Gasteiger charge is -2.18. The molecular formula is C12H15FINO3. The first-order valence-corrected chi connectivity index (χ1v) is 6.41. The number of nitrogens with one attached hydrogen (secondary N) is 1. The van der Waals surface area contributed by atoms with Crippen molar-refractivity contribution in [1.29, 1.82) is 0 Å². The zero-order valence-electron chi connectivity index (χ0n) is 10.4. The Hall–Kier alpha value is -0.890. The summed E-state index contributed by atoms with van der Waals surface area (Å²) in [6, 6.07) is 2.80.